The third-order valence-corrected chi connectivity index (χ3v) is 5.33. The maximum Gasteiger partial charge on any atom is 0.262 e. The Balaban J connectivity index is 1.88. The summed E-state index contributed by atoms with van der Waals surface area (Å²) >= 11 is 0. The maximum atomic E-state index is 12.6. The van der Waals surface area contributed by atoms with Crippen molar-refractivity contribution >= 4 is 21.6 Å². The molecule has 7 heteroatoms. The quantitative estimate of drug-likeness (QED) is 0.829. The number of hydrogen-bond acceptors (Lipinski definition) is 4. The van der Waals surface area contributed by atoms with Gasteiger partial charge in [-0.05, 0) is 50.1 Å². The molecule has 0 saturated heterocycles. The summed E-state index contributed by atoms with van der Waals surface area (Å²) in [6.07, 6.45) is 1.96. The molecule has 0 heterocycles. The Labute approximate surface area is 147 Å². The molecule has 1 saturated carbocycles. The van der Waals surface area contributed by atoms with E-state index in [0.717, 1.165) is 18.4 Å². The van der Waals surface area contributed by atoms with Gasteiger partial charge in [-0.2, -0.15) is 0 Å². The zero-order valence-electron chi connectivity index (χ0n) is 14.1. The van der Waals surface area contributed by atoms with Crippen LogP contribution in [-0.2, 0) is 10.0 Å². The molecule has 2 N–H and O–H groups in total. The molecule has 2 aromatic rings. The van der Waals surface area contributed by atoms with Crippen LogP contribution in [0.5, 0.6) is 5.75 Å². The number of ether oxygens (including phenoxy) is 1. The van der Waals surface area contributed by atoms with E-state index in [4.69, 9.17) is 4.74 Å². The Kier molecular flexibility index (Phi) is 4.67. The molecule has 0 unspecified atom stereocenters. The first-order valence-electron chi connectivity index (χ1n) is 7.97. The van der Waals surface area contributed by atoms with E-state index >= 15 is 0 Å². The fraction of sp³-hybridized carbons (Fsp3) is 0.278. The van der Waals surface area contributed by atoms with Crippen molar-refractivity contribution in [2.24, 2.45) is 0 Å². The van der Waals surface area contributed by atoms with Crippen molar-refractivity contribution in [3.8, 4) is 5.75 Å². The number of amides is 1. The van der Waals surface area contributed by atoms with Crippen LogP contribution in [0.1, 0.15) is 28.8 Å². The molecular weight excluding hydrogens is 340 g/mol. The molecule has 1 aliphatic rings. The summed E-state index contributed by atoms with van der Waals surface area (Å²) in [5.74, 6) is 0.125. The van der Waals surface area contributed by atoms with Gasteiger partial charge >= 0.3 is 0 Å². The largest absolute Gasteiger partial charge is 0.495 e. The highest BCUT2D eigenvalue weighted by Gasteiger charge is 2.24. The summed E-state index contributed by atoms with van der Waals surface area (Å²) in [7, 11) is -2.33. The van der Waals surface area contributed by atoms with Crippen molar-refractivity contribution in [1.29, 1.82) is 0 Å². The summed E-state index contributed by atoms with van der Waals surface area (Å²) in [6.45, 7) is 1.88. The number of hydrogen-bond donors (Lipinski definition) is 2. The Bertz CT molecular complexity index is 888. The number of nitrogens with one attached hydrogen (secondary N) is 2. The Morgan fingerprint density at radius 1 is 1.12 bits per heavy atom. The summed E-state index contributed by atoms with van der Waals surface area (Å²) in [5, 5.41) is 2.88. The van der Waals surface area contributed by atoms with Crippen molar-refractivity contribution < 1.29 is 17.9 Å². The normalized spacial score (nSPS) is 14.0. The van der Waals surface area contributed by atoms with E-state index in [-0.39, 0.29) is 22.5 Å². The van der Waals surface area contributed by atoms with Crippen LogP contribution < -0.4 is 14.8 Å². The first kappa shape index (κ1) is 17.3. The van der Waals surface area contributed by atoms with E-state index < -0.39 is 10.0 Å². The number of carbonyl (C=O) groups excluding carboxylic acids is 1. The Morgan fingerprint density at radius 3 is 2.40 bits per heavy atom. The van der Waals surface area contributed by atoms with E-state index in [1.165, 1.54) is 25.3 Å². The van der Waals surface area contributed by atoms with Crippen LogP contribution in [0.25, 0.3) is 0 Å². The molecule has 25 heavy (non-hydrogen) atoms. The molecule has 1 fully saturated rings. The average molecular weight is 360 g/mol. The van der Waals surface area contributed by atoms with Gasteiger partial charge in [0.05, 0.1) is 17.7 Å². The van der Waals surface area contributed by atoms with Crippen molar-refractivity contribution in [3.63, 3.8) is 0 Å². The van der Waals surface area contributed by atoms with Gasteiger partial charge in [-0.1, -0.05) is 17.7 Å². The third-order valence-electron chi connectivity index (χ3n) is 3.95. The summed E-state index contributed by atoms with van der Waals surface area (Å²) in [6, 6.07) is 11.4. The van der Waals surface area contributed by atoms with Crippen LogP contribution >= 0.6 is 0 Å². The smallest absolute Gasteiger partial charge is 0.262 e. The van der Waals surface area contributed by atoms with E-state index in [1.54, 1.807) is 24.3 Å². The lowest BCUT2D eigenvalue weighted by molar-refractivity contribution is 0.0951. The number of aryl methyl sites for hydroxylation is 1. The Hall–Kier alpha value is -2.54. The molecule has 1 amide bonds. The zero-order valence-corrected chi connectivity index (χ0v) is 14.9. The van der Waals surface area contributed by atoms with Crippen molar-refractivity contribution in [1.82, 2.24) is 5.32 Å². The molecule has 1 aliphatic carbocycles. The highest BCUT2D eigenvalue weighted by molar-refractivity contribution is 7.92. The van der Waals surface area contributed by atoms with Crippen molar-refractivity contribution in [2.75, 3.05) is 11.8 Å². The van der Waals surface area contributed by atoms with Gasteiger partial charge in [-0.15, -0.1) is 0 Å². The third kappa shape index (κ3) is 4.11. The van der Waals surface area contributed by atoms with Crippen LogP contribution in [-0.4, -0.2) is 27.5 Å². The van der Waals surface area contributed by atoms with E-state index in [9.17, 15) is 13.2 Å². The number of benzene rings is 2. The fourth-order valence-corrected chi connectivity index (χ4v) is 3.41. The van der Waals surface area contributed by atoms with E-state index in [2.05, 4.69) is 10.0 Å². The minimum absolute atomic E-state index is 0.146. The SMILES string of the molecule is COc1ccc(C(=O)NC2CC2)cc1NS(=O)(=O)c1ccc(C)cc1. The van der Waals surface area contributed by atoms with Gasteiger partial charge in [-0.25, -0.2) is 8.42 Å². The first-order valence-corrected chi connectivity index (χ1v) is 9.46. The molecule has 6 nitrogen and oxygen atoms in total. The molecular formula is C18H20N2O4S. The number of methoxy groups -OCH3 is 1. The van der Waals surface area contributed by atoms with Gasteiger partial charge in [0.25, 0.3) is 15.9 Å². The van der Waals surface area contributed by atoms with E-state index in [0.29, 0.717) is 11.3 Å². The molecule has 0 bridgehead atoms. The van der Waals surface area contributed by atoms with Crippen LogP contribution in [0.15, 0.2) is 47.4 Å². The molecule has 132 valence electrons. The lowest BCUT2D eigenvalue weighted by Crippen LogP contribution is -2.25. The van der Waals surface area contributed by atoms with Gasteiger partial charge in [0.15, 0.2) is 0 Å². The summed E-state index contributed by atoms with van der Waals surface area (Å²) < 4.78 is 32.9. The van der Waals surface area contributed by atoms with Gasteiger partial charge in [0.1, 0.15) is 5.75 Å². The number of anilines is 1. The Morgan fingerprint density at radius 2 is 1.80 bits per heavy atom. The van der Waals surface area contributed by atoms with Crippen molar-refractivity contribution in [2.45, 2.75) is 30.7 Å². The second-order valence-corrected chi connectivity index (χ2v) is 7.76. The van der Waals surface area contributed by atoms with Gasteiger partial charge in [-0.3, -0.25) is 9.52 Å². The first-order chi connectivity index (χ1) is 11.9. The second-order valence-electron chi connectivity index (χ2n) is 6.08. The van der Waals surface area contributed by atoms with Gasteiger partial charge in [0, 0.05) is 11.6 Å². The molecule has 0 aromatic heterocycles. The summed E-state index contributed by atoms with van der Waals surface area (Å²) in [4.78, 5) is 12.3. The molecule has 0 radical (unpaired) electrons. The number of carbonyl (C=O) groups is 1. The number of sulfonamides is 1. The average Bonchev–Trinajstić information content (AvgIpc) is 3.38. The molecule has 0 aliphatic heterocycles. The second kappa shape index (κ2) is 6.76. The predicted molar refractivity (Wildman–Crippen MR) is 95.5 cm³/mol. The minimum Gasteiger partial charge on any atom is -0.495 e. The monoisotopic (exact) mass is 360 g/mol. The van der Waals surface area contributed by atoms with Crippen molar-refractivity contribution in [3.05, 3.63) is 53.6 Å². The van der Waals surface area contributed by atoms with Gasteiger partial charge < -0.3 is 10.1 Å². The molecule has 3 rings (SSSR count). The van der Waals surface area contributed by atoms with Gasteiger partial charge in [0.2, 0.25) is 0 Å². The molecule has 2 aromatic carbocycles. The van der Waals surface area contributed by atoms with Crippen LogP contribution in [0.4, 0.5) is 5.69 Å². The topological polar surface area (TPSA) is 84.5 Å². The van der Waals surface area contributed by atoms with Crippen LogP contribution in [0, 0.1) is 6.92 Å². The zero-order chi connectivity index (χ0) is 18.0. The minimum atomic E-state index is -3.78. The lowest BCUT2D eigenvalue weighted by atomic mass is 10.1. The maximum absolute atomic E-state index is 12.6. The van der Waals surface area contributed by atoms with E-state index in [1.807, 2.05) is 6.92 Å². The van der Waals surface area contributed by atoms with Crippen LogP contribution in [0.2, 0.25) is 0 Å². The highest BCUT2D eigenvalue weighted by Crippen LogP contribution is 2.29. The molecule has 0 atom stereocenters. The standard InChI is InChI=1S/C18H20N2O4S/c1-12-3-8-15(9-4-12)25(22,23)20-16-11-13(5-10-17(16)24-2)18(21)19-14-6-7-14/h3-5,8-11,14,20H,6-7H2,1-2H3,(H,19,21). The molecule has 0 spiro atoms. The van der Waals surface area contributed by atoms with Crippen LogP contribution in [0.3, 0.4) is 0 Å². The lowest BCUT2D eigenvalue weighted by Gasteiger charge is -2.13. The fourth-order valence-electron chi connectivity index (χ4n) is 2.35. The highest BCUT2D eigenvalue weighted by atomic mass is 32.2. The number of rotatable bonds is 6. The predicted octanol–water partition coefficient (Wildman–Crippen LogP) is 2.70. The summed E-state index contributed by atoms with van der Waals surface area (Å²) in [5.41, 5.74) is 1.58.